The van der Waals surface area contributed by atoms with Crippen LogP contribution < -0.4 is 4.74 Å². The molecule has 2 aromatic carbocycles. The largest absolute Gasteiger partial charge is 0.497 e. The summed E-state index contributed by atoms with van der Waals surface area (Å²) in [6.45, 7) is 1.26. The van der Waals surface area contributed by atoms with Crippen LogP contribution in [0.25, 0.3) is 0 Å². The summed E-state index contributed by atoms with van der Waals surface area (Å²) in [5.74, 6) is 0.872. The lowest BCUT2D eigenvalue weighted by molar-refractivity contribution is 0.107. The normalized spacial score (nSPS) is 10.3. The monoisotopic (exact) mass is 354 g/mol. The van der Waals surface area contributed by atoms with E-state index < -0.39 is 0 Å². The summed E-state index contributed by atoms with van der Waals surface area (Å²) < 4.78 is 12.0. The van der Waals surface area contributed by atoms with E-state index in [2.05, 4.69) is 46.9 Å². The average molecular weight is 354 g/mol. The summed E-state index contributed by atoms with van der Waals surface area (Å²) in [6.07, 6.45) is 0. The Bertz CT molecular complexity index is 477. The van der Waals surface area contributed by atoms with Gasteiger partial charge in [-0.1, -0.05) is 24.3 Å². The zero-order valence-electron chi connectivity index (χ0n) is 10.2. The Kier molecular flexibility index (Phi) is 5.01. The number of hydrogen-bond donors (Lipinski definition) is 0. The van der Waals surface area contributed by atoms with E-state index in [1.165, 1.54) is 9.13 Å². The van der Waals surface area contributed by atoms with Crippen LogP contribution in [-0.2, 0) is 18.0 Å². The molecular formula is C15H15IO2. The summed E-state index contributed by atoms with van der Waals surface area (Å²) in [4.78, 5) is 0. The molecule has 0 bridgehead atoms. The van der Waals surface area contributed by atoms with Gasteiger partial charge in [0.05, 0.1) is 20.3 Å². The fraction of sp³-hybridized carbons (Fsp3) is 0.200. The molecule has 18 heavy (non-hydrogen) atoms. The highest BCUT2D eigenvalue weighted by molar-refractivity contribution is 14.1. The number of rotatable bonds is 5. The van der Waals surface area contributed by atoms with Gasteiger partial charge in [-0.25, -0.2) is 0 Å². The predicted octanol–water partition coefficient (Wildman–Crippen LogP) is 4.02. The summed E-state index contributed by atoms with van der Waals surface area (Å²) in [5.41, 5.74) is 2.35. The maximum absolute atomic E-state index is 5.68. The van der Waals surface area contributed by atoms with Crippen molar-refractivity contribution in [2.45, 2.75) is 13.2 Å². The highest BCUT2D eigenvalue weighted by atomic mass is 127. The first-order valence-corrected chi connectivity index (χ1v) is 6.81. The molecule has 2 nitrogen and oxygen atoms in total. The van der Waals surface area contributed by atoms with E-state index in [9.17, 15) is 0 Å². The second-order valence-corrected chi connectivity index (χ2v) is 5.21. The molecular weight excluding hydrogens is 339 g/mol. The van der Waals surface area contributed by atoms with Crippen molar-refractivity contribution in [1.29, 1.82) is 0 Å². The lowest BCUT2D eigenvalue weighted by atomic mass is 10.2. The number of ether oxygens (including phenoxy) is 2. The SMILES string of the molecule is COc1ccc(COCc2ccc(I)cc2)cc1. The van der Waals surface area contributed by atoms with Gasteiger partial charge in [-0.05, 0) is 58.0 Å². The molecule has 0 fully saturated rings. The van der Waals surface area contributed by atoms with E-state index in [0.29, 0.717) is 13.2 Å². The Labute approximate surface area is 121 Å². The highest BCUT2D eigenvalue weighted by Crippen LogP contribution is 2.13. The van der Waals surface area contributed by atoms with Crippen molar-refractivity contribution in [2.75, 3.05) is 7.11 Å². The third-order valence-electron chi connectivity index (χ3n) is 2.61. The minimum atomic E-state index is 0.621. The lowest BCUT2D eigenvalue weighted by Gasteiger charge is -2.06. The van der Waals surface area contributed by atoms with Crippen LogP contribution >= 0.6 is 22.6 Å². The van der Waals surface area contributed by atoms with Gasteiger partial charge in [-0.3, -0.25) is 0 Å². The van der Waals surface area contributed by atoms with Crippen molar-refractivity contribution in [1.82, 2.24) is 0 Å². The highest BCUT2D eigenvalue weighted by Gasteiger charge is 1.96. The molecule has 0 aliphatic rings. The molecule has 2 aromatic rings. The first-order chi connectivity index (χ1) is 8.78. The van der Waals surface area contributed by atoms with Gasteiger partial charge in [0, 0.05) is 3.57 Å². The smallest absolute Gasteiger partial charge is 0.118 e. The minimum absolute atomic E-state index is 0.621. The molecule has 0 N–H and O–H groups in total. The quantitative estimate of drug-likeness (QED) is 0.756. The summed E-state index contributed by atoms with van der Waals surface area (Å²) >= 11 is 2.30. The molecule has 0 spiro atoms. The van der Waals surface area contributed by atoms with Gasteiger partial charge < -0.3 is 9.47 Å². The maximum Gasteiger partial charge on any atom is 0.118 e. The molecule has 0 heterocycles. The Balaban J connectivity index is 1.82. The van der Waals surface area contributed by atoms with Gasteiger partial charge in [0.2, 0.25) is 0 Å². The molecule has 2 rings (SSSR count). The number of halogens is 1. The van der Waals surface area contributed by atoms with Gasteiger partial charge >= 0.3 is 0 Å². The Hall–Kier alpha value is -1.07. The molecule has 0 saturated carbocycles. The predicted molar refractivity (Wildman–Crippen MR) is 80.6 cm³/mol. The molecule has 94 valence electrons. The molecule has 0 aliphatic carbocycles. The van der Waals surface area contributed by atoms with Crippen LogP contribution in [0, 0.1) is 3.57 Å². The molecule has 3 heteroatoms. The summed E-state index contributed by atoms with van der Waals surface area (Å²) in [5, 5.41) is 0. The first-order valence-electron chi connectivity index (χ1n) is 5.73. The van der Waals surface area contributed by atoms with E-state index in [0.717, 1.165) is 11.3 Å². The topological polar surface area (TPSA) is 18.5 Å². The summed E-state index contributed by atoms with van der Waals surface area (Å²) in [6, 6.07) is 16.3. The van der Waals surface area contributed by atoms with Gasteiger partial charge in [0.15, 0.2) is 0 Å². The van der Waals surface area contributed by atoms with Crippen LogP contribution in [0.4, 0.5) is 0 Å². The fourth-order valence-electron chi connectivity index (χ4n) is 1.59. The third kappa shape index (κ3) is 3.99. The molecule has 0 aromatic heterocycles. The third-order valence-corrected chi connectivity index (χ3v) is 3.33. The second-order valence-electron chi connectivity index (χ2n) is 3.97. The second kappa shape index (κ2) is 6.75. The van der Waals surface area contributed by atoms with E-state index >= 15 is 0 Å². The van der Waals surface area contributed by atoms with Crippen LogP contribution in [0.15, 0.2) is 48.5 Å². The lowest BCUT2D eigenvalue weighted by Crippen LogP contribution is -1.94. The molecule has 0 atom stereocenters. The van der Waals surface area contributed by atoms with Crippen molar-refractivity contribution in [3.8, 4) is 5.75 Å². The van der Waals surface area contributed by atoms with Crippen LogP contribution in [0.2, 0.25) is 0 Å². The fourth-order valence-corrected chi connectivity index (χ4v) is 1.95. The van der Waals surface area contributed by atoms with Gasteiger partial charge in [0.25, 0.3) is 0 Å². The number of benzene rings is 2. The van der Waals surface area contributed by atoms with Gasteiger partial charge in [-0.15, -0.1) is 0 Å². The standard InChI is InChI=1S/C15H15IO2/c1-17-15-8-4-13(5-9-15)11-18-10-12-2-6-14(16)7-3-12/h2-9H,10-11H2,1H3. The van der Waals surface area contributed by atoms with Crippen molar-refractivity contribution >= 4 is 22.6 Å². The van der Waals surface area contributed by atoms with Crippen LogP contribution in [0.3, 0.4) is 0 Å². The number of hydrogen-bond acceptors (Lipinski definition) is 2. The number of methoxy groups -OCH3 is 1. The first kappa shape index (κ1) is 13.4. The van der Waals surface area contributed by atoms with E-state index in [-0.39, 0.29) is 0 Å². The Morgan fingerprint density at radius 2 is 1.33 bits per heavy atom. The zero-order valence-corrected chi connectivity index (χ0v) is 12.4. The molecule has 0 amide bonds. The van der Waals surface area contributed by atoms with Crippen LogP contribution in [0.5, 0.6) is 5.75 Å². The molecule has 0 saturated heterocycles. The Morgan fingerprint density at radius 1 is 0.833 bits per heavy atom. The van der Waals surface area contributed by atoms with E-state index in [1.807, 2.05) is 24.3 Å². The van der Waals surface area contributed by atoms with E-state index in [1.54, 1.807) is 7.11 Å². The minimum Gasteiger partial charge on any atom is -0.497 e. The van der Waals surface area contributed by atoms with Gasteiger partial charge in [0.1, 0.15) is 5.75 Å². The van der Waals surface area contributed by atoms with Crippen molar-refractivity contribution < 1.29 is 9.47 Å². The Morgan fingerprint density at radius 3 is 1.83 bits per heavy atom. The van der Waals surface area contributed by atoms with E-state index in [4.69, 9.17) is 9.47 Å². The molecule has 0 unspecified atom stereocenters. The zero-order chi connectivity index (χ0) is 12.8. The average Bonchev–Trinajstić information content (AvgIpc) is 2.42. The molecule has 0 aliphatic heterocycles. The maximum atomic E-state index is 5.68. The molecule has 0 radical (unpaired) electrons. The van der Waals surface area contributed by atoms with Gasteiger partial charge in [-0.2, -0.15) is 0 Å². The van der Waals surface area contributed by atoms with Crippen LogP contribution in [-0.4, -0.2) is 7.11 Å². The summed E-state index contributed by atoms with van der Waals surface area (Å²) in [7, 11) is 1.67. The van der Waals surface area contributed by atoms with Crippen molar-refractivity contribution in [3.05, 3.63) is 63.2 Å². The van der Waals surface area contributed by atoms with Crippen molar-refractivity contribution in [3.63, 3.8) is 0 Å². The van der Waals surface area contributed by atoms with Crippen molar-refractivity contribution in [2.24, 2.45) is 0 Å². The van der Waals surface area contributed by atoms with Crippen LogP contribution in [0.1, 0.15) is 11.1 Å².